The van der Waals surface area contributed by atoms with E-state index in [1.807, 2.05) is 6.07 Å². The number of hydrogen-bond acceptors (Lipinski definition) is 1. The zero-order chi connectivity index (χ0) is 10.4. The highest BCUT2D eigenvalue weighted by Crippen LogP contribution is 2.19. The number of aryl methyl sites for hydroxylation is 2. The van der Waals surface area contributed by atoms with Crippen LogP contribution in [0.2, 0.25) is 5.02 Å². The molecule has 0 bridgehead atoms. The van der Waals surface area contributed by atoms with Gasteiger partial charge in [-0.1, -0.05) is 30.7 Å². The van der Waals surface area contributed by atoms with Gasteiger partial charge in [-0.25, -0.2) is 0 Å². The van der Waals surface area contributed by atoms with E-state index in [1.165, 1.54) is 11.1 Å². The van der Waals surface area contributed by atoms with Gasteiger partial charge in [0, 0.05) is 5.02 Å². The van der Waals surface area contributed by atoms with Crippen LogP contribution in [0.3, 0.4) is 0 Å². The van der Waals surface area contributed by atoms with Crippen molar-refractivity contribution in [1.29, 1.82) is 0 Å². The Morgan fingerprint density at radius 3 is 2.71 bits per heavy atom. The average Bonchev–Trinajstić information content (AvgIpc) is 2.21. The van der Waals surface area contributed by atoms with E-state index in [1.54, 1.807) is 0 Å². The molecule has 1 rings (SSSR count). The van der Waals surface area contributed by atoms with Crippen LogP contribution in [0.25, 0.3) is 0 Å². The van der Waals surface area contributed by atoms with Crippen LogP contribution < -0.4 is 5.73 Å². The third-order valence-electron chi connectivity index (χ3n) is 2.42. The fraction of sp³-hybridized carbons (Fsp3) is 0.500. The van der Waals surface area contributed by atoms with E-state index < -0.39 is 0 Å². The van der Waals surface area contributed by atoms with Crippen LogP contribution >= 0.6 is 11.6 Å². The predicted octanol–water partition coefficient (Wildman–Crippen LogP) is 3.18. The first-order valence-electron chi connectivity index (χ1n) is 5.25. The second kappa shape index (κ2) is 6.05. The van der Waals surface area contributed by atoms with Crippen molar-refractivity contribution >= 4 is 11.6 Å². The SMILES string of the molecule is CCc1ccc(Cl)c(CCCCN)c1. The van der Waals surface area contributed by atoms with Crippen molar-refractivity contribution in [2.75, 3.05) is 6.54 Å². The molecule has 0 aromatic heterocycles. The van der Waals surface area contributed by atoms with Gasteiger partial charge in [-0.2, -0.15) is 0 Å². The summed E-state index contributed by atoms with van der Waals surface area (Å²) < 4.78 is 0. The number of halogens is 1. The third kappa shape index (κ3) is 3.32. The Morgan fingerprint density at radius 2 is 2.07 bits per heavy atom. The van der Waals surface area contributed by atoms with Crippen LogP contribution in [0, 0.1) is 0 Å². The monoisotopic (exact) mass is 211 g/mol. The molecule has 0 atom stereocenters. The van der Waals surface area contributed by atoms with Gasteiger partial charge in [0.15, 0.2) is 0 Å². The minimum atomic E-state index is 0.769. The lowest BCUT2D eigenvalue weighted by atomic mass is 10.0. The standard InChI is InChI=1S/C12H18ClN/c1-2-10-6-7-12(13)11(9-10)5-3-4-8-14/h6-7,9H,2-5,8,14H2,1H3. The van der Waals surface area contributed by atoms with Gasteiger partial charge in [0.05, 0.1) is 0 Å². The average molecular weight is 212 g/mol. The molecular weight excluding hydrogens is 194 g/mol. The molecule has 0 fully saturated rings. The largest absolute Gasteiger partial charge is 0.330 e. The first-order chi connectivity index (χ1) is 6.77. The molecule has 0 spiro atoms. The molecular formula is C12H18ClN. The Kier molecular flexibility index (Phi) is 4.99. The molecule has 0 radical (unpaired) electrons. The van der Waals surface area contributed by atoms with Gasteiger partial charge in [0.1, 0.15) is 0 Å². The molecule has 1 aromatic carbocycles. The molecule has 2 heteroatoms. The predicted molar refractivity (Wildman–Crippen MR) is 62.8 cm³/mol. The van der Waals surface area contributed by atoms with Gasteiger partial charge < -0.3 is 5.73 Å². The number of nitrogens with two attached hydrogens (primary N) is 1. The van der Waals surface area contributed by atoms with Gasteiger partial charge in [0.2, 0.25) is 0 Å². The van der Waals surface area contributed by atoms with Crippen LogP contribution in [-0.2, 0) is 12.8 Å². The molecule has 78 valence electrons. The summed E-state index contributed by atoms with van der Waals surface area (Å²) in [5.74, 6) is 0. The molecule has 0 saturated carbocycles. The Hall–Kier alpha value is -0.530. The molecule has 0 unspecified atom stereocenters. The highest BCUT2D eigenvalue weighted by atomic mass is 35.5. The van der Waals surface area contributed by atoms with Crippen molar-refractivity contribution in [1.82, 2.24) is 0 Å². The Bertz CT molecular complexity index is 284. The van der Waals surface area contributed by atoms with Crippen LogP contribution in [0.15, 0.2) is 18.2 Å². The fourth-order valence-electron chi connectivity index (χ4n) is 1.50. The van der Waals surface area contributed by atoms with E-state index >= 15 is 0 Å². The van der Waals surface area contributed by atoms with Gasteiger partial charge in [-0.15, -0.1) is 0 Å². The summed E-state index contributed by atoms with van der Waals surface area (Å²) in [5, 5.41) is 0.888. The minimum absolute atomic E-state index is 0.769. The highest BCUT2D eigenvalue weighted by molar-refractivity contribution is 6.31. The minimum Gasteiger partial charge on any atom is -0.330 e. The summed E-state index contributed by atoms with van der Waals surface area (Å²) >= 11 is 6.10. The summed E-state index contributed by atoms with van der Waals surface area (Å²) in [6.07, 6.45) is 4.32. The summed E-state index contributed by atoms with van der Waals surface area (Å²) in [7, 11) is 0. The summed E-state index contributed by atoms with van der Waals surface area (Å²) in [6, 6.07) is 6.30. The lowest BCUT2D eigenvalue weighted by molar-refractivity contribution is 0.744. The Labute approximate surface area is 91.3 Å². The van der Waals surface area contributed by atoms with Crippen LogP contribution in [0.5, 0.6) is 0 Å². The first kappa shape index (κ1) is 11.5. The maximum Gasteiger partial charge on any atom is 0.0438 e. The van der Waals surface area contributed by atoms with Gasteiger partial charge in [-0.05, 0) is 49.4 Å². The number of hydrogen-bond donors (Lipinski definition) is 1. The molecule has 0 aliphatic rings. The smallest absolute Gasteiger partial charge is 0.0438 e. The second-order valence-electron chi connectivity index (χ2n) is 3.53. The molecule has 14 heavy (non-hydrogen) atoms. The zero-order valence-electron chi connectivity index (χ0n) is 8.72. The third-order valence-corrected chi connectivity index (χ3v) is 2.79. The molecule has 0 aliphatic heterocycles. The molecule has 0 aliphatic carbocycles. The first-order valence-corrected chi connectivity index (χ1v) is 5.63. The molecule has 2 N–H and O–H groups in total. The maximum atomic E-state index is 6.10. The quantitative estimate of drug-likeness (QED) is 0.744. The normalized spacial score (nSPS) is 10.5. The maximum absolute atomic E-state index is 6.10. The van der Waals surface area contributed by atoms with Crippen LogP contribution in [0.4, 0.5) is 0 Å². The number of unbranched alkanes of at least 4 members (excludes halogenated alkanes) is 1. The second-order valence-corrected chi connectivity index (χ2v) is 3.93. The summed E-state index contributed by atoms with van der Waals surface area (Å²) in [4.78, 5) is 0. The summed E-state index contributed by atoms with van der Waals surface area (Å²) in [5.41, 5.74) is 8.08. The molecule has 1 aromatic rings. The van der Waals surface area contributed by atoms with Gasteiger partial charge >= 0.3 is 0 Å². The van der Waals surface area contributed by atoms with E-state index in [4.69, 9.17) is 17.3 Å². The van der Waals surface area contributed by atoms with E-state index in [-0.39, 0.29) is 0 Å². The van der Waals surface area contributed by atoms with Crippen molar-refractivity contribution in [3.8, 4) is 0 Å². The summed E-state index contributed by atoms with van der Waals surface area (Å²) in [6.45, 7) is 2.93. The molecule has 0 amide bonds. The Morgan fingerprint density at radius 1 is 1.29 bits per heavy atom. The highest BCUT2D eigenvalue weighted by Gasteiger charge is 2.00. The lowest BCUT2D eigenvalue weighted by Crippen LogP contribution is -1.99. The van der Waals surface area contributed by atoms with Crippen molar-refractivity contribution in [2.24, 2.45) is 5.73 Å². The van der Waals surface area contributed by atoms with Gasteiger partial charge in [0.25, 0.3) is 0 Å². The van der Waals surface area contributed by atoms with E-state index in [0.717, 1.165) is 37.3 Å². The lowest BCUT2D eigenvalue weighted by Gasteiger charge is -2.06. The van der Waals surface area contributed by atoms with Crippen molar-refractivity contribution in [3.63, 3.8) is 0 Å². The van der Waals surface area contributed by atoms with Crippen molar-refractivity contribution in [3.05, 3.63) is 34.3 Å². The van der Waals surface area contributed by atoms with Crippen LogP contribution in [0.1, 0.15) is 30.9 Å². The molecule has 1 nitrogen and oxygen atoms in total. The van der Waals surface area contributed by atoms with E-state index in [2.05, 4.69) is 19.1 Å². The Balaban J connectivity index is 2.64. The molecule has 0 heterocycles. The van der Waals surface area contributed by atoms with Crippen molar-refractivity contribution < 1.29 is 0 Å². The van der Waals surface area contributed by atoms with E-state index in [0.29, 0.717) is 0 Å². The zero-order valence-corrected chi connectivity index (χ0v) is 9.48. The van der Waals surface area contributed by atoms with E-state index in [9.17, 15) is 0 Å². The van der Waals surface area contributed by atoms with Crippen LogP contribution in [-0.4, -0.2) is 6.54 Å². The van der Waals surface area contributed by atoms with Gasteiger partial charge in [-0.3, -0.25) is 0 Å². The number of rotatable bonds is 5. The molecule has 0 saturated heterocycles. The van der Waals surface area contributed by atoms with Crippen molar-refractivity contribution in [2.45, 2.75) is 32.6 Å². The fourth-order valence-corrected chi connectivity index (χ4v) is 1.71. The number of benzene rings is 1. The topological polar surface area (TPSA) is 26.0 Å².